The van der Waals surface area contributed by atoms with Crippen LogP contribution in [0.2, 0.25) is 0 Å². The molecule has 9 nitrogen and oxygen atoms in total. The number of halogens is 1. The minimum absolute atomic E-state index is 0.138. The highest BCUT2D eigenvalue weighted by Gasteiger charge is 2.30. The van der Waals surface area contributed by atoms with Crippen molar-refractivity contribution in [2.75, 3.05) is 26.2 Å². The van der Waals surface area contributed by atoms with Gasteiger partial charge in [-0.05, 0) is 31.5 Å². The molecule has 1 aromatic carbocycles. The summed E-state index contributed by atoms with van der Waals surface area (Å²) >= 11 is 0. The van der Waals surface area contributed by atoms with E-state index in [2.05, 4.69) is 20.5 Å². The third kappa shape index (κ3) is 4.86. The van der Waals surface area contributed by atoms with Crippen molar-refractivity contribution in [2.24, 2.45) is 0 Å². The summed E-state index contributed by atoms with van der Waals surface area (Å²) in [7, 11) is 0. The lowest BCUT2D eigenvalue weighted by Crippen LogP contribution is -2.51. The van der Waals surface area contributed by atoms with Gasteiger partial charge in [-0.3, -0.25) is 14.7 Å². The maximum absolute atomic E-state index is 14.0. The number of carbonyl (C=O) groups excluding carboxylic acids is 2. The Morgan fingerprint density at radius 3 is 2.97 bits per heavy atom. The second kappa shape index (κ2) is 9.73. The SMILES string of the molecule is Cc1nccn1CCCNC(=O)C1CN(C(=O)c2cc(-c3ccccc3F)n[nH]2)CCO1. The number of aromatic nitrogens is 4. The van der Waals surface area contributed by atoms with Crippen molar-refractivity contribution in [1.82, 2.24) is 30.0 Å². The number of carbonyl (C=O) groups is 2. The first kappa shape index (κ1) is 21.7. The number of aryl methyl sites for hydroxylation is 2. The third-order valence-electron chi connectivity index (χ3n) is 5.40. The summed E-state index contributed by atoms with van der Waals surface area (Å²) in [6.07, 6.45) is 3.66. The number of hydrogen-bond acceptors (Lipinski definition) is 5. The van der Waals surface area contributed by atoms with Gasteiger partial charge in [0.05, 0.1) is 18.8 Å². The second-order valence-electron chi connectivity index (χ2n) is 7.57. The number of hydrogen-bond donors (Lipinski definition) is 2. The second-order valence-corrected chi connectivity index (χ2v) is 7.57. The van der Waals surface area contributed by atoms with E-state index in [4.69, 9.17) is 4.74 Å². The highest BCUT2D eigenvalue weighted by atomic mass is 19.1. The molecule has 2 aromatic heterocycles. The molecule has 0 spiro atoms. The minimum atomic E-state index is -0.739. The van der Waals surface area contributed by atoms with Crippen LogP contribution >= 0.6 is 0 Å². The van der Waals surface area contributed by atoms with Gasteiger partial charge >= 0.3 is 0 Å². The zero-order valence-corrected chi connectivity index (χ0v) is 17.8. The van der Waals surface area contributed by atoms with E-state index < -0.39 is 11.9 Å². The highest BCUT2D eigenvalue weighted by Crippen LogP contribution is 2.21. The van der Waals surface area contributed by atoms with Crippen LogP contribution in [0.1, 0.15) is 22.7 Å². The highest BCUT2D eigenvalue weighted by molar-refractivity contribution is 5.94. The topological polar surface area (TPSA) is 105 Å². The van der Waals surface area contributed by atoms with Crippen LogP contribution in [-0.2, 0) is 16.1 Å². The molecule has 1 saturated heterocycles. The van der Waals surface area contributed by atoms with E-state index in [0.29, 0.717) is 24.3 Å². The number of ether oxygens (including phenoxy) is 1. The zero-order chi connectivity index (χ0) is 22.5. The summed E-state index contributed by atoms with van der Waals surface area (Å²) in [6.45, 7) is 3.94. The van der Waals surface area contributed by atoms with E-state index in [0.717, 1.165) is 18.8 Å². The number of imidazole rings is 1. The van der Waals surface area contributed by atoms with Gasteiger partial charge in [0.25, 0.3) is 11.8 Å². The van der Waals surface area contributed by atoms with Crippen LogP contribution in [0.4, 0.5) is 4.39 Å². The summed E-state index contributed by atoms with van der Waals surface area (Å²) in [4.78, 5) is 31.1. The smallest absolute Gasteiger partial charge is 0.272 e. The van der Waals surface area contributed by atoms with Crippen LogP contribution in [0.5, 0.6) is 0 Å². The molecule has 2 amide bonds. The molecule has 0 bridgehead atoms. The quantitative estimate of drug-likeness (QED) is 0.545. The van der Waals surface area contributed by atoms with E-state index in [9.17, 15) is 14.0 Å². The van der Waals surface area contributed by atoms with Crippen molar-refractivity contribution in [3.05, 3.63) is 60.1 Å². The molecule has 4 rings (SSSR count). The Labute approximate surface area is 184 Å². The summed E-state index contributed by atoms with van der Waals surface area (Å²) in [5.74, 6) is -0.0411. The Hall–Kier alpha value is -3.53. The van der Waals surface area contributed by atoms with E-state index in [-0.39, 0.29) is 30.7 Å². The lowest BCUT2D eigenvalue weighted by atomic mass is 10.1. The Bertz CT molecular complexity index is 1090. The van der Waals surface area contributed by atoms with Gasteiger partial charge in [-0.2, -0.15) is 5.10 Å². The number of nitrogens with one attached hydrogen (secondary N) is 2. The number of nitrogens with zero attached hydrogens (tertiary/aromatic N) is 4. The van der Waals surface area contributed by atoms with Crippen LogP contribution in [-0.4, -0.2) is 68.8 Å². The van der Waals surface area contributed by atoms with Crippen LogP contribution in [0.25, 0.3) is 11.3 Å². The fourth-order valence-corrected chi connectivity index (χ4v) is 3.62. The third-order valence-corrected chi connectivity index (χ3v) is 5.40. The molecule has 1 atom stereocenters. The predicted octanol–water partition coefficient (Wildman–Crippen LogP) is 1.77. The van der Waals surface area contributed by atoms with Crippen LogP contribution in [0, 0.1) is 12.7 Å². The average Bonchev–Trinajstić information content (AvgIpc) is 3.46. The Morgan fingerprint density at radius 1 is 1.34 bits per heavy atom. The largest absolute Gasteiger partial charge is 0.365 e. The molecular formula is C22H25FN6O3. The van der Waals surface area contributed by atoms with Crippen molar-refractivity contribution in [1.29, 1.82) is 0 Å². The summed E-state index contributed by atoms with van der Waals surface area (Å²) in [6, 6.07) is 7.76. The monoisotopic (exact) mass is 440 g/mol. The molecule has 0 saturated carbocycles. The lowest BCUT2D eigenvalue weighted by molar-refractivity contribution is -0.137. The number of rotatable bonds is 7. The first-order valence-electron chi connectivity index (χ1n) is 10.5. The molecule has 1 fully saturated rings. The molecule has 3 aromatic rings. The van der Waals surface area contributed by atoms with E-state index in [1.54, 1.807) is 29.3 Å². The normalized spacial score (nSPS) is 16.2. The number of morpholine rings is 1. The van der Waals surface area contributed by atoms with E-state index in [1.165, 1.54) is 12.1 Å². The molecule has 2 N–H and O–H groups in total. The number of aromatic amines is 1. The molecule has 1 unspecified atom stereocenters. The standard InChI is InChI=1S/C22H25FN6O3/c1-15-24-8-10-28(15)9-4-7-25-21(30)20-14-29(11-12-32-20)22(31)19-13-18(26-27-19)16-5-2-3-6-17(16)23/h2-3,5-6,8,10,13,20H,4,7,9,11-12,14H2,1H3,(H,25,30)(H,26,27). The van der Waals surface area contributed by atoms with E-state index in [1.807, 2.05) is 17.7 Å². The van der Waals surface area contributed by atoms with Gasteiger partial charge in [0.1, 0.15) is 17.3 Å². The van der Waals surface area contributed by atoms with Crippen molar-refractivity contribution in [3.63, 3.8) is 0 Å². The molecule has 1 aliphatic heterocycles. The maximum Gasteiger partial charge on any atom is 0.272 e. The molecule has 0 radical (unpaired) electrons. The van der Waals surface area contributed by atoms with E-state index >= 15 is 0 Å². The summed E-state index contributed by atoms with van der Waals surface area (Å²) in [5, 5.41) is 9.61. The van der Waals surface area contributed by atoms with Crippen molar-refractivity contribution >= 4 is 11.8 Å². The maximum atomic E-state index is 14.0. The zero-order valence-electron chi connectivity index (χ0n) is 17.8. The molecular weight excluding hydrogens is 415 g/mol. The van der Waals surface area contributed by atoms with Crippen LogP contribution < -0.4 is 5.32 Å². The van der Waals surface area contributed by atoms with Gasteiger partial charge in [-0.15, -0.1) is 0 Å². The van der Waals surface area contributed by atoms with Gasteiger partial charge in [0, 0.05) is 37.6 Å². The number of benzene rings is 1. The number of amides is 2. The Balaban J connectivity index is 1.30. The van der Waals surface area contributed by atoms with Gasteiger partial charge in [-0.1, -0.05) is 12.1 Å². The molecule has 32 heavy (non-hydrogen) atoms. The van der Waals surface area contributed by atoms with Crippen molar-refractivity contribution in [2.45, 2.75) is 26.0 Å². The first-order valence-corrected chi connectivity index (χ1v) is 10.5. The summed E-state index contributed by atoms with van der Waals surface area (Å²) < 4.78 is 21.6. The molecule has 1 aliphatic rings. The van der Waals surface area contributed by atoms with Gasteiger partial charge < -0.3 is 19.5 Å². The van der Waals surface area contributed by atoms with Crippen molar-refractivity contribution in [3.8, 4) is 11.3 Å². The molecule has 168 valence electrons. The molecule has 0 aliphatic carbocycles. The number of H-pyrrole nitrogens is 1. The van der Waals surface area contributed by atoms with Crippen LogP contribution in [0.3, 0.4) is 0 Å². The summed E-state index contributed by atoms with van der Waals surface area (Å²) in [5.41, 5.74) is 0.898. The van der Waals surface area contributed by atoms with Gasteiger partial charge in [-0.25, -0.2) is 9.37 Å². The predicted molar refractivity (Wildman–Crippen MR) is 114 cm³/mol. The molecule has 3 heterocycles. The van der Waals surface area contributed by atoms with Crippen LogP contribution in [0.15, 0.2) is 42.7 Å². The fourth-order valence-electron chi connectivity index (χ4n) is 3.62. The van der Waals surface area contributed by atoms with Gasteiger partial charge in [0.2, 0.25) is 0 Å². The minimum Gasteiger partial charge on any atom is -0.365 e. The molecule has 10 heteroatoms. The van der Waals surface area contributed by atoms with Gasteiger partial charge in [0.15, 0.2) is 6.10 Å². The fraction of sp³-hybridized carbons (Fsp3) is 0.364. The average molecular weight is 440 g/mol. The Morgan fingerprint density at radius 2 is 2.19 bits per heavy atom. The lowest BCUT2D eigenvalue weighted by Gasteiger charge is -2.31. The van der Waals surface area contributed by atoms with Crippen molar-refractivity contribution < 1.29 is 18.7 Å². The Kier molecular flexibility index (Phi) is 6.60. The first-order chi connectivity index (χ1) is 15.5.